The highest BCUT2D eigenvalue weighted by Gasteiger charge is 2.26. The van der Waals surface area contributed by atoms with E-state index in [1.54, 1.807) is 0 Å². The van der Waals surface area contributed by atoms with Gasteiger partial charge in [-0.2, -0.15) is 0 Å². The van der Waals surface area contributed by atoms with Gasteiger partial charge in [0, 0.05) is 0 Å². The van der Waals surface area contributed by atoms with Crippen LogP contribution in [0, 0.1) is 0 Å². The number of hydrogen-bond donors (Lipinski definition) is 0. The first-order valence-electron chi connectivity index (χ1n) is 24.3. The Morgan fingerprint density at radius 2 is 0.246 bits per heavy atom. The zero-order valence-electron chi connectivity index (χ0n) is 41.4. The summed E-state index contributed by atoms with van der Waals surface area (Å²) in [5.74, 6) is 0. The quantitative estimate of drug-likeness (QED) is 0.0865. The van der Waals surface area contributed by atoms with Crippen LogP contribution in [0.15, 0.2) is 0 Å². The molecule has 9 heteroatoms. The molecule has 0 aromatic heterocycles. The van der Waals surface area contributed by atoms with E-state index >= 15 is 0 Å². The van der Waals surface area contributed by atoms with Crippen molar-refractivity contribution in [2.45, 2.75) is 237 Å². The van der Waals surface area contributed by atoms with Gasteiger partial charge in [0.25, 0.3) is 0 Å². The van der Waals surface area contributed by atoms with Crippen LogP contribution in [-0.4, -0.2) is 108 Å². The van der Waals surface area contributed by atoms with E-state index in [4.69, 9.17) is 0 Å². The van der Waals surface area contributed by atoms with E-state index in [0.717, 1.165) is 0 Å². The van der Waals surface area contributed by atoms with Crippen LogP contribution < -0.4 is 14.1 Å². The second-order valence-electron chi connectivity index (χ2n) is 17.0. The van der Waals surface area contributed by atoms with Gasteiger partial charge in [0.15, 0.2) is 0 Å². The molecule has 0 aliphatic heterocycles. The second-order valence-corrected chi connectivity index (χ2v) is 17.0. The predicted octanol–water partition coefficient (Wildman–Crippen LogP) is 3.55. The second kappa shape index (κ2) is 57.6. The van der Waals surface area contributed by atoms with Crippen molar-refractivity contribution in [3.63, 3.8) is 0 Å². The van der Waals surface area contributed by atoms with Crippen molar-refractivity contribution >= 4 is 0 Å². The molecule has 0 rings (SSSR count). The summed E-state index contributed by atoms with van der Waals surface area (Å²) < 4.78 is 4.26. The molecular weight excluding hydrogens is 724 g/mol. The fraction of sp³-hybridized carbons (Fsp3) is 1.00. The van der Waals surface area contributed by atoms with E-state index in [-0.39, 0.29) is 30.5 Å². The first-order chi connectivity index (χ1) is 24.7. The predicted molar refractivity (Wildman–Crippen MR) is 249 cm³/mol. The molecule has 6 nitrogen and oxygen atoms in total. The maximum absolute atomic E-state index is 2.33. The van der Waals surface area contributed by atoms with Crippen molar-refractivity contribution in [1.29, 1.82) is 0 Å². The van der Waals surface area contributed by atoms with Crippen molar-refractivity contribution < 1.29 is 44.0 Å². The summed E-state index contributed by atoms with van der Waals surface area (Å²) in [6.45, 7) is 45.1. The molecular formula is C48H114F3N3O3. The molecule has 0 atom stereocenters. The monoisotopic (exact) mass is 838 g/mol. The number of unbranched alkanes of at least 4 members (excludes halogenated alkanes) is 12. The summed E-state index contributed by atoms with van der Waals surface area (Å²) in [5.41, 5.74) is 0. The van der Waals surface area contributed by atoms with Gasteiger partial charge >= 0.3 is 0 Å². The molecule has 0 aliphatic rings. The Hall–Kier alpha value is -0.450. The molecule has 0 radical (unpaired) electrons. The largest absolute Gasteiger partial charge is 1.00 e. The van der Waals surface area contributed by atoms with E-state index in [9.17, 15) is 0 Å². The van der Waals surface area contributed by atoms with E-state index in [2.05, 4.69) is 83.1 Å². The van der Waals surface area contributed by atoms with Crippen LogP contribution in [0.3, 0.4) is 0 Å². The maximum Gasteiger partial charge on any atom is 0.0786 e. The molecule has 0 saturated carbocycles. The Kier molecular flexibility index (Phi) is 78.1. The smallest absolute Gasteiger partial charge is 0.0786 e. The fourth-order valence-corrected chi connectivity index (χ4v) is 7.93. The van der Waals surface area contributed by atoms with Crippen LogP contribution in [0.2, 0.25) is 0 Å². The summed E-state index contributed by atoms with van der Waals surface area (Å²) in [6, 6.07) is 0. The Labute approximate surface area is 358 Å². The number of rotatable bonds is 36. The van der Waals surface area contributed by atoms with E-state index < -0.39 is 0 Å². The zero-order chi connectivity index (χ0) is 39.0. The normalized spacial score (nSPS) is 10.7. The van der Waals surface area contributed by atoms with Crippen molar-refractivity contribution in [2.24, 2.45) is 0 Å². The lowest BCUT2D eigenvalue weighted by atomic mass is 10.1. The highest BCUT2D eigenvalue weighted by atomic mass is 19.0. The minimum absolute atomic E-state index is 0. The molecule has 0 saturated heterocycles. The number of nitrogens with zero attached hydrogens (tertiary/aromatic N) is 3. The molecule has 0 heterocycles. The van der Waals surface area contributed by atoms with Gasteiger partial charge in [-0.1, -0.05) is 160 Å². The Balaban J connectivity index is -0.0000000823. The maximum atomic E-state index is 2.33. The van der Waals surface area contributed by atoms with E-state index in [1.165, 1.54) is 246 Å². The Morgan fingerprint density at radius 3 is 0.298 bits per heavy atom. The number of halogens is 3. The van der Waals surface area contributed by atoms with E-state index in [0.29, 0.717) is 0 Å². The minimum atomic E-state index is 0. The summed E-state index contributed by atoms with van der Waals surface area (Å²) in [5, 5.41) is 0. The molecule has 0 amide bonds. The van der Waals surface area contributed by atoms with Crippen LogP contribution in [0.25, 0.3) is 0 Å². The van der Waals surface area contributed by atoms with Crippen LogP contribution in [-0.2, 0) is 0 Å². The molecule has 0 aliphatic carbocycles. The Bertz CT molecular complexity index is 468. The Morgan fingerprint density at radius 1 is 0.175 bits per heavy atom. The average Bonchev–Trinajstić information content (AvgIpc) is 3.16. The van der Waals surface area contributed by atoms with Crippen molar-refractivity contribution in [2.75, 3.05) is 78.5 Å². The highest BCUT2D eigenvalue weighted by Crippen LogP contribution is 2.19. The lowest BCUT2D eigenvalue weighted by Crippen LogP contribution is -3.00. The van der Waals surface area contributed by atoms with Crippen molar-refractivity contribution in [3.05, 3.63) is 0 Å². The molecule has 0 bridgehead atoms. The third-order valence-corrected chi connectivity index (χ3v) is 11.8. The molecule has 57 heavy (non-hydrogen) atoms. The first-order valence-corrected chi connectivity index (χ1v) is 24.3. The molecule has 360 valence electrons. The lowest BCUT2D eigenvalue weighted by Gasteiger charge is -2.39. The summed E-state index contributed by atoms with van der Waals surface area (Å²) in [7, 11) is 0. The van der Waals surface area contributed by atoms with Gasteiger partial charge in [0.05, 0.1) is 78.5 Å². The standard InChI is InChI=1S/3C16H36N.3FH.3H2O/c3*1-5-9-13-17(14-10-6-2,15-11-7-3)16-12-8-4;;;;;;/h3*5-16H2,1-4H3;3*1H;3*1H2/q3*+1;;;;;;/p-3. The molecule has 6 N–H and O–H groups in total. The van der Waals surface area contributed by atoms with Crippen LogP contribution in [0.4, 0.5) is 0 Å². The number of hydrogen-bond acceptors (Lipinski definition) is 0. The fourth-order valence-electron chi connectivity index (χ4n) is 7.93. The lowest BCUT2D eigenvalue weighted by molar-refractivity contribution is -0.929. The van der Waals surface area contributed by atoms with Crippen LogP contribution in [0.5, 0.6) is 0 Å². The molecule has 0 fully saturated rings. The summed E-state index contributed by atoms with van der Waals surface area (Å²) in [4.78, 5) is 0. The van der Waals surface area contributed by atoms with Gasteiger partial charge in [0.1, 0.15) is 0 Å². The molecule has 0 aromatic rings. The summed E-state index contributed by atoms with van der Waals surface area (Å²) >= 11 is 0. The van der Waals surface area contributed by atoms with Crippen molar-refractivity contribution in [1.82, 2.24) is 0 Å². The zero-order valence-corrected chi connectivity index (χ0v) is 41.4. The topological polar surface area (TPSA) is 94.5 Å². The van der Waals surface area contributed by atoms with Gasteiger partial charge in [0.2, 0.25) is 0 Å². The average molecular weight is 838 g/mol. The third kappa shape index (κ3) is 44.9. The van der Waals surface area contributed by atoms with Gasteiger partial charge in [-0.25, -0.2) is 0 Å². The molecule has 0 unspecified atom stereocenters. The third-order valence-electron chi connectivity index (χ3n) is 11.8. The van der Waals surface area contributed by atoms with Gasteiger partial charge in [-0.05, 0) is 77.0 Å². The van der Waals surface area contributed by atoms with Gasteiger partial charge < -0.3 is 44.0 Å². The van der Waals surface area contributed by atoms with Gasteiger partial charge in [-0.3, -0.25) is 0 Å². The minimum Gasteiger partial charge on any atom is -1.00 e. The SMILES string of the molecule is CCCC[N+](CCCC)(CCCC)CCCC.CCCC[N+](CCCC)(CCCC)CCCC.CCCC[N+](CCCC)(CCCC)CCCC.O.O.O.[F-].[F-].[F-]. The first kappa shape index (κ1) is 77.2. The summed E-state index contributed by atoms with van der Waals surface area (Å²) in [6.07, 6.45) is 33.2. The highest BCUT2D eigenvalue weighted by molar-refractivity contribution is 4.52. The van der Waals surface area contributed by atoms with Crippen LogP contribution >= 0.6 is 0 Å². The molecule has 0 aromatic carbocycles. The van der Waals surface area contributed by atoms with Crippen LogP contribution in [0.1, 0.15) is 237 Å². The van der Waals surface area contributed by atoms with E-state index in [1.807, 2.05) is 0 Å². The molecule has 0 spiro atoms. The number of quaternary nitrogens is 3. The van der Waals surface area contributed by atoms with Crippen molar-refractivity contribution in [3.8, 4) is 0 Å². The van der Waals surface area contributed by atoms with Gasteiger partial charge in [-0.15, -0.1) is 0 Å².